The van der Waals surface area contributed by atoms with Crippen LogP contribution in [0.2, 0.25) is 0 Å². The molecule has 2 aliphatic carbocycles. The number of hydrogen-bond donors (Lipinski definition) is 1. The molecule has 3 nitrogen and oxygen atoms in total. The Hall–Kier alpha value is -0.120. The molecule has 0 amide bonds. The minimum atomic E-state index is 0.483. The van der Waals surface area contributed by atoms with Gasteiger partial charge >= 0.3 is 0 Å². The lowest BCUT2D eigenvalue weighted by atomic mass is 9.89. The SMILES string of the molecule is C1COC(CN2CC(C3CC3)NCC23CCCC3)C1. The van der Waals surface area contributed by atoms with Crippen LogP contribution in [0.3, 0.4) is 0 Å². The first-order valence-electron chi connectivity index (χ1n) is 8.46. The number of nitrogens with zero attached hydrogens (tertiary/aromatic N) is 1. The molecule has 1 spiro atoms. The van der Waals surface area contributed by atoms with E-state index in [1.165, 1.54) is 71.0 Å². The highest BCUT2D eigenvalue weighted by atomic mass is 16.5. The van der Waals surface area contributed by atoms with E-state index >= 15 is 0 Å². The quantitative estimate of drug-likeness (QED) is 0.845. The van der Waals surface area contributed by atoms with E-state index in [9.17, 15) is 0 Å². The Kier molecular flexibility index (Phi) is 3.33. The fraction of sp³-hybridized carbons (Fsp3) is 1.00. The fourth-order valence-electron chi connectivity index (χ4n) is 4.57. The summed E-state index contributed by atoms with van der Waals surface area (Å²) in [5.74, 6) is 0.978. The summed E-state index contributed by atoms with van der Waals surface area (Å²) >= 11 is 0. The van der Waals surface area contributed by atoms with E-state index in [2.05, 4.69) is 10.2 Å². The third-order valence-corrected chi connectivity index (χ3v) is 5.95. The lowest BCUT2D eigenvalue weighted by molar-refractivity contribution is -0.00829. The van der Waals surface area contributed by atoms with Crippen molar-refractivity contribution in [2.24, 2.45) is 5.92 Å². The van der Waals surface area contributed by atoms with Gasteiger partial charge in [0.15, 0.2) is 0 Å². The Morgan fingerprint density at radius 2 is 1.95 bits per heavy atom. The second kappa shape index (κ2) is 5.01. The smallest absolute Gasteiger partial charge is 0.0703 e. The Bertz CT molecular complexity index is 315. The molecule has 2 saturated carbocycles. The van der Waals surface area contributed by atoms with Gasteiger partial charge in [-0.05, 0) is 44.4 Å². The van der Waals surface area contributed by atoms with Crippen LogP contribution in [0.4, 0.5) is 0 Å². The van der Waals surface area contributed by atoms with Crippen molar-refractivity contribution in [2.45, 2.75) is 69.1 Å². The van der Waals surface area contributed by atoms with Crippen molar-refractivity contribution >= 4 is 0 Å². The molecular formula is C16H28N2O. The zero-order chi connectivity index (χ0) is 12.7. The molecule has 2 atom stereocenters. The first-order valence-corrected chi connectivity index (χ1v) is 8.46. The van der Waals surface area contributed by atoms with Crippen molar-refractivity contribution < 1.29 is 4.74 Å². The molecule has 2 unspecified atom stereocenters. The average molecular weight is 264 g/mol. The zero-order valence-corrected chi connectivity index (χ0v) is 12.1. The van der Waals surface area contributed by atoms with Crippen molar-refractivity contribution in [3.8, 4) is 0 Å². The first kappa shape index (κ1) is 12.6. The van der Waals surface area contributed by atoms with E-state index in [1.807, 2.05) is 0 Å². The molecule has 4 aliphatic rings. The molecule has 19 heavy (non-hydrogen) atoms. The van der Waals surface area contributed by atoms with Gasteiger partial charge in [-0.3, -0.25) is 4.90 Å². The van der Waals surface area contributed by atoms with Crippen LogP contribution in [-0.2, 0) is 4.74 Å². The van der Waals surface area contributed by atoms with Gasteiger partial charge in [-0.1, -0.05) is 12.8 Å². The highest BCUT2D eigenvalue weighted by molar-refractivity contribution is 5.05. The molecule has 3 heteroatoms. The zero-order valence-electron chi connectivity index (χ0n) is 12.1. The first-order chi connectivity index (χ1) is 9.36. The minimum Gasteiger partial charge on any atom is -0.377 e. The van der Waals surface area contributed by atoms with Gasteiger partial charge < -0.3 is 10.1 Å². The van der Waals surface area contributed by atoms with Gasteiger partial charge in [0.25, 0.3) is 0 Å². The predicted octanol–water partition coefficient (Wildman–Crippen LogP) is 2.16. The summed E-state index contributed by atoms with van der Waals surface area (Å²) in [5, 5.41) is 3.89. The van der Waals surface area contributed by atoms with Gasteiger partial charge in [0, 0.05) is 37.8 Å². The van der Waals surface area contributed by atoms with Crippen LogP contribution in [0.15, 0.2) is 0 Å². The minimum absolute atomic E-state index is 0.483. The van der Waals surface area contributed by atoms with E-state index in [0.29, 0.717) is 11.6 Å². The third kappa shape index (κ3) is 2.45. The average Bonchev–Trinajstić information content (AvgIpc) is 2.95. The van der Waals surface area contributed by atoms with Crippen molar-refractivity contribution in [3.63, 3.8) is 0 Å². The van der Waals surface area contributed by atoms with Crippen molar-refractivity contribution in [3.05, 3.63) is 0 Å². The van der Waals surface area contributed by atoms with Gasteiger partial charge in [-0.25, -0.2) is 0 Å². The molecule has 0 aromatic heterocycles. The molecule has 1 N–H and O–H groups in total. The van der Waals surface area contributed by atoms with Gasteiger partial charge in [0.2, 0.25) is 0 Å². The lowest BCUT2D eigenvalue weighted by Crippen LogP contribution is -2.65. The normalized spacial score (nSPS) is 39.2. The Labute approximate surface area is 117 Å². The van der Waals surface area contributed by atoms with Crippen LogP contribution in [0.1, 0.15) is 51.4 Å². The maximum absolute atomic E-state index is 5.91. The molecule has 4 fully saturated rings. The van der Waals surface area contributed by atoms with Crippen molar-refractivity contribution in [2.75, 3.05) is 26.2 Å². The highest BCUT2D eigenvalue weighted by Crippen LogP contribution is 2.41. The van der Waals surface area contributed by atoms with Crippen LogP contribution < -0.4 is 5.32 Å². The van der Waals surface area contributed by atoms with Crippen LogP contribution in [0, 0.1) is 5.92 Å². The predicted molar refractivity (Wildman–Crippen MR) is 76.3 cm³/mol. The Balaban J connectivity index is 1.46. The van der Waals surface area contributed by atoms with Crippen LogP contribution in [-0.4, -0.2) is 48.8 Å². The molecule has 2 saturated heterocycles. The van der Waals surface area contributed by atoms with Gasteiger partial charge in [-0.2, -0.15) is 0 Å². The summed E-state index contributed by atoms with van der Waals surface area (Å²) in [7, 11) is 0. The summed E-state index contributed by atoms with van der Waals surface area (Å²) < 4.78 is 5.91. The summed E-state index contributed by atoms with van der Waals surface area (Å²) in [6.07, 6.45) is 11.7. The molecule has 2 aliphatic heterocycles. The fourth-order valence-corrected chi connectivity index (χ4v) is 4.57. The second-order valence-corrected chi connectivity index (χ2v) is 7.30. The van der Waals surface area contributed by atoms with E-state index in [-0.39, 0.29) is 0 Å². The molecule has 0 bridgehead atoms. The standard InChI is InChI=1S/C16H28N2O/c1-2-8-16(7-1)12-17-15(13-5-6-13)11-18(16)10-14-4-3-9-19-14/h13-15,17H,1-12H2. The summed E-state index contributed by atoms with van der Waals surface area (Å²) in [5.41, 5.74) is 0.483. The summed E-state index contributed by atoms with van der Waals surface area (Å²) in [4.78, 5) is 2.84. The molecule has 108 valence electrons. The van der Waals surface area contributed by atoms with Gasteiger partial charge in [0.05, 0.1) is 6.10 Å². The number of ether oxygens (including phenoxy) is 1. The number of hydrogen-bond acceptors (Lipinski definition) is 3. The molecule has 4 rings (SSSR count). The maximum atomic E-state index is 5.91. The van der Waals surface area contributed by atoms with Gasteiger partial charge in [0.1, 0.15) is 0 Å². The van der Waals surface area contributed by atoms with Crippen LogP contribution in [0.5, 0.6) is 0 Å². The summed E-state index contributed by atoms with van der Waals surface area (Å²) in [6, 6.07) is 0.771. The van der Waals surface area contributed by atoms with Crippen LogP contribution in [0.25, 0.3) is 0 Å². The van der Waals surface area contributed by atoms with Crippen molar-refractivity contribution in [1.82, 2.24) is 10.2 Å². The lowest BCUT2D eigenvalue weighted by Gasteiger charge is -2.49. The maximum Gasteiger partial charge on any atom is 0.0703 e. The van der Waals surface area contributed by atoms with E-state index in [4.69, 9.17) is 4.74 Å². The molecule has 2 heterocycles. The monoisotopic (exact) mass is 264 g/mol. The van der Waals surface area contributed by atoms with Crippen LogP contribution >= 0.6 is 0 Å². The van der Waals surface area contributed by atoms with E-state index in [1.54, 1.807) is 0 Å². The Morgan fingerprint density at radius 3 is 2.63 bits per heavy atom. The molecule has 0 aromatic rings. The Morgan fingerprint density at radius 1 is 1.11 bits per heavy atom. The largest absolute Gasteiger partial charge is 0.377 e. The second-order valence-electron chi connectivity index (χ2n) is 7.30. The van der Waals surface area contributed by atoms with Crippen molar-refractivity contribution in [1.29, 1.82) is 0 Å². The number of piperazine rings is 1. The van der Waals surface area contributed by atoms with Gasteiger partial charge in [-0.15, -0.1) is 0 Å². The molecular weight excluding hydrogens is 236 g/mol. The van der Waals surface area contributed by atoms with E-state index in [0.717, 1.165) is 18.6 Å². The molecule has 0 aromatic carbocycles. The highest BCUT2D eigenvalue weighted by Gasteiger charge is 2.47. The van der Waals surface area contributed by atoms with E-state index < -0.39 is 0 Å². The number of rotatable bonds is 3. The third-order valence-electron chi connectivity index (χ3n) is 5.95. The summed E-state index contributed by atoms with van der Waals surface area (Å²) in [6.45, 7) is 4.71. The number of nitrogens with one attached hydrogen (secondary N) is 1. The molecule has 0 radical (unpaired) electrons. The topological polar surface area (TPSA) is 24.5 Å².